The summed E-state index contributed by atoms with van der Waals surface area (Å²) in [4.78, 5) is 27.7. The molecule has 3 saturated heterocycles. The molecule has 0 spiro atoms. The molecule has 27 heavy (non-hydrogen) atoms. The maximum atomic E-state index is 12.5. The van der Waals surface area contributed by atoms with E-state index in [0.29, 0.717) is 12.6 Å². The van der Waals surface area contributed by atoms with Gasteiger partial charge in [0.2, 0.25) is 5.91 Å². The molecule has 4 rings (SSSR count). The van der Waals surface area contributed by atoms with Crippen molar-refractivity contribution in [3.8, 4) is 0 Å². The summed E-state index contributed by atoms with van der Waals surface area (Å²) >= 11 is 0. The van der Waals surface area contributed by atoms with Gasteiger partial charge in [-0.25, -0.2) is 5.06 Å². The second-order valence-corrected chi connectivity index (χ2v) is 8.21. The summed E-state index contributed by atoms with van der Waals surface area (Å²) in [6.45, 7) is 8.86. The van der Waals surface area contributed by atoms with E-state index in [1.807, 2.05) is 0 Å². The molecule has 0 N–H and O–H groups in total. The van der Waals surface area contributed by atoms with E-state index in [2.05, 4.69) is 39.9 Å². The minimum atomic E-state index is 0.159. The topological polar surface area (TPSA) is 48.9 Å². The van der Waals surface area contributed by atoms with Gasteiger partial charge in [-0.2, -0.15) is 0 Å². The summed E-state index contributed by atoms with van der Waals surface area (Å²) in [7, 11) is 0. The minimum Gasteiger partial charge on any atom is -0.300 e. The van der Waals surface area contributed by atoms with E-state index in [4.69, 9.17) is 4.84 Å². The van der Waals surface area contributed by atoms with Crippen molar-refractivity contribution in [1.82, 2.24) is 19.8 Å². The third-order valence-electron chi connectivity index (χ3n) is 6.28. The Balaban J connectivity index is 1.21. The fraction of sp³-hybridized carbons (Fsp3) is 0.714. The van der Waals surface area contributed by atoms with Crippen LogP contribution in [0.3, 0.4) is 0 Å². The van der Waals surface area contributed by atoms with E-state index < -0.39 is 0 Å². The zero-order chi connectivity index (χ0) is 18.6. The monoisotopic (exact) mass is 372 g/mol. The summed E-state index contributed by atoms with van der Waals surface area (Å²) in [6.07, 6.45) is 5.37. The van der Waals surface area contributed by atoms with Crippen molar-refractivity contribution >= 4 is 5.91 Å². The maximum absolute atomic E-state index is 12.5. The second kappa shape index (κ2) is 8.67. The van der Waals surface area contributed by atoms with Crippen LogP contribution in [0.5, 0.6) is 0 Å². The van der Waals surface area contributed by atoms with Gasteiger partial charge in [-0.05, 0) is 64.3 Å². The first-order valence-electron chi connectivity index (χ1n) is 10.5. The van der Waals surface area contributed by atoms with E-state index in [0.717, 1.165) is 64.2 Å². The molecule has 4 heterocycles. The Morgan fingerprint density at radius 2 is 1.89 bits per heavy atom. The van der Waals surface area contributed by atoms with Crippen LogP contribution < -0.4 is 0 Å². The maximum Gasteiger partial charge on any atom is 0.249 e. The van der Waals surface area contributed by atoms with Gasteiger partial charge < -0.3 is 4.90 Å². The van der Waals surface area contributed by atoms with Crippen molar-refractivity contribution in [2.45, 2.75) is 51.6 Å². The Hall–Kier alpha value is -1.50. The number of rotatable bonds is 4. The van der Waals surface area contributed by atoms with Gasteiger partial charge in [-0.1, -0.05) is 6.07 Å². The summed E-state index contributed by atoms with van der Waals surface area (Å²) in [6, 6.07) is 6.96. The lowest BCUT2D eigenvalue weighted by molar-refractivity contribution is -0.175. The highest BCUT2D eigenvalue weighted by Gasteiger charge is 2.33. The van der Waals surface area contributed by atoms with Crippen LogP contribution in [0.2, 0.25) is 0 Å². The number of amides is 1. The highest BCUT2D eigenvalue weighted by atomic mass is 16.7. The van der Waals surface area contributed by atoms with Crippen molar-refractivity contribution in [2.75, 3.05) is 39.3 Å². The Morgan fingerprint density at radius 1 is 1.11 bits per heavy atom. The van der Waals surface area contributed by atoms with Crippen LogP contribution in [0.4, 0.5) is 0 Å². The zero-order valence-corrected chi connectivity index (χ0v) is 16.5. The van der Waals surface area contributed by atoms with Crippen LogP contribution in [0.1, 0.15) is 43.5 Å². The molecule has 3 aliphatic rings. The van der Waals surface area contributed by atoms with Crippen molar-refractivity contribution in [2.24, 2.45) is 5.92 Å². The number of nitrogens with zero attached hydrogens (tertiary/aromatic N) is 4. The lowest BCUT2D eigenvalue weighted by Gasteiger charge is -2.41. The van der Waals surface area contributed by atoms with Gasteiger partial charge in [0.25, 0.3) is 0 Å². The first-order chi connectivity index (χ1) is 13.2. The van der Waals surface area contributed by atoms with Crippen LogP contribution in [0.15, 0.2) is 18.2 Å². The van der Waals surface area contributed by atoms with Crippen molar-refractivity contribution in [1.29, 1.82) is 0 Å². The Bertz CT molecular complexity index is 631. The van der Waals surface area contributed by atoms with Gasteiger partial charge in [0, 0.05) is 37.3 Å². The molecule has 6 nitrogen and oxygen atoms in total. The summed E-state index contributed by atoms with van der Waals surface area (Å²) in [5.41, 5.74) is 2.27. The minimum absolute atomic E-state index is 0.159. The number of hydroxylamine groups is 2. The molecule has 1 aromatic heterocycles. The Kier molecular flexibility index (Phi) is 6.05. The quantitative estimate of drug-likeness (QED) is 0.811. The second-order valence-electron chi connectivity index (χ2n) is 8.21. The number of carbonyl (C=O) groups is 1. The van der Waals surface area contributed by atoms with Gasteiger partial charge in [0.05, 0.1) is 18.8 Å². The number of piperidine rings is 2. The summed E-state index contributed by atoms with van der Waals surface area (Å²) < 4.78 is 0. The van der Waals surface area contributed by atoms with Crippen molar-refractivity contribution in [3.05, 3.63) is 29.6 Å². The van der Waals surface area contributed by atoms with Gasteiger partial charge in [-0.3, -0.25) is 19.5 Å². The lowest BCUT2D eigenvalue weighted by atomic mass is 9.92. The van der Waals surface area contributed by atoms with Gasteiger partial charge in [-0.15, -0.1) is 0 Å². The van der Waals surface area contributed by atoms with Crippen LogP contribution >= 0.6 is 0 Å². The number of aromatic nitrogens is 1. The molecule has 148 valence electrons. The summed E-state index contributed by atoms with van der Waals surface area (Å²) in [5, 5.41) is 1.61. The zero-order valence-electron chi connectivity index (χ0n) is 16.5. The molecule has 0 aromatic carbocycles. The predicted octanol–water partition coefficient (Wildman–Crippen LogP) is 2.23. The number of pyridine rings is 1. The molecule has 0 saturated carbocycles. The van der Waals surface area contributed by atoms with Crippen molar-refractivity contribution in [3.63, 3.8) is 0 Å². The Labute approximate surface area is 162 Å². The molecular formula is C21H32N4O2. The predicted molar refractivity (Wildman–Crippen MR) is 104 cm³/mol. The fourth-order valence-corrected chi connectivity index (χ4v) is 4.70. The largest absolute Gasteiger partial charge is 0.300 e. The van der Waals surface area contributed by atoms with Gasteiger partial charge in [0.15, 0.2) is 0 Å². The normalized spacial score (nSPS) is 23.8. The third kappa shape index (κ3) is 4.68. The van der Waals surface area contributed by atoms with Crippen LogP contribution in [-0.4, -0.2) is 71.1 Å². The van der Waals surface area contributed by atoms with Gasteiger partial charge in [0.1, 0.15) is 0 Å². The Morgan fingerprint density at radius 3 is 2.56 bits per heavy atom. The highest BCUT2D eigenvalue weighted by Crippen LogP contribution is 2.26. The average molecular weight is 373 g/mol. The molecule has 3 aliphatic heterocycles. The van der Waals surface area contributed by atoms with E-state index in [1.165, 1.54) is 18.5 Å². The lowest BCUT2D eigenvalue weighted by Crippen LogP contribution is -2.49. The third-order valence-corrected chi connectivity index (χ3v) is 6.28. The molecule has 3 fully saturated rings. The molecule has 0 bridgehead atoms. The smallest absolute Gasteiger partial charge is 0.249 e. The first kappa shape index (κ1) is 18.8. The van der Waals surface area contributed by atoms with Crippen LogP contribution in [0.25, 0.3) is 0 Å². The number of aryl methyl sites for hydroxylation is 1. The molecule has 0 aliphatic carbocycles. The number of likely N-dealkylation sites (tertiary alicyclic amines) is 2. The van der Waals surface area contributed by atoms with Crippen LogP contribution in [-0.2, 0) is 16.2 Å². The molecule has 1 aromatic rings. The average Bonchev–Trinajstić information content (AvgIpc) is 3.23. The molecule has 0 atom stereocenters. The van der Waals surface area contributed by atoms with E-state index in [1.54, 1.807) is 5.06 Å². The molecule has 6 heteroatoms. The number of hydrogen-bond acceptors (Lipinski definition) is 5. The number of hydrogen-bond donors (Lipinski definition) is 0. The highest BCUT2D eigenvalue weighted by molar-refractivity contribution is 5.78. The van der Waals surface area contributed by atoms with E-state index >= 15 is 0 Å². The first-order valence-corrected chi connectivity index (χ1v) is 10.5. The summed E-state index contributed by atoms with van der Waals surface area (Å²) in [5.74, 6) is 0.374. The molecule has 1 amide bonds. The number of carbonyl (C=O) groups excluding carboxylic acids is 1. The molecule has 0 radical (unpaired) electrons. The molecular weight excluding hydrogens is 340 g/mol. The SMILES string of the molecule is Cc1cccc(CN2CCC(N3CCC(C(=O)N4CCCO4)CC3)CC2)n1. The standard InChI is InChI=1S/C21H32N4O2/c1-17-4-2-5-19(22-17)16-23-11-8-20(9-12-23)24-13-6-18(7-14-24)21(26)25-10-3-15-27-25/h2,4-5,18,20H,3,6-16H2,1H3. The van der Waals surface area contributed by atoms with E-state index in [9.17, 15) is 4.79 Å². The van der Waals surface area contributed by atoms with Gasteiger partial charge >= 0.3 is 0 Å². The molecule has 0 unspecified atom stereocenters. The van der Waals surface area contributed by atoms with Crippen LogP contribution in [0, 0.1) is 12.8 Å². The van der Waals surface area contributed by atoms with Crippen molar-refractivity contribution < 1.29 is 9.63 Å². The van der Waals surface area contributed by atoms with E-state index in [-0.39, 0.29) is 11.8 Å². The fourth-order valence-electron chi connectivity index (χ4n) is 4.70.